The number of pyridine rings is 1. The zero-order valence-electron chi connectivity index (χ0n) is 15.7. The first-order valence-electron chi connectivity index (χ1n) is 9.10. The van der Waals surface area contributed by atoms with Crippen LogP contribution in [0.25, 0.3) is 0 Å². The molecule has 3 aromatic rings. The molecule has 1 aliphatic heterocycles. The minimum absolute atomic E-state index is 0. The summed E-state index contributed by atoms with van der Waals surface area (Å²) < 4.78 is 5.20. The van der Waals surface area contributed by atoms with Gasteiger partial charge in [-0.1, -0.05) is 35.5 Å². The predicted molar refractivity (Wildman–Crippen MR) is 109 cm³/mol. The van der Waals surface area contributed by atoms with Crippen molar-refractivity contribution in [1.82, 2.24) is 15.5 Å². The van der Waals surface area contributed by atoms with E-state index in [1.807, 2.05) is 20.0 Å². The van der Waals surface area contributed by atoms with Gasteiger partial charge in [0.1, 0.15) is 11.6 Å². The van der Waals surface area contributed by atoms with Crippen LogP contribution in [0.1, 0.15) is 33.7 Å². The van der Waals surface area contributed by atoms with Crippen molar-refractivity contribution in [2.24, 2.45) is 0 Å². The number of halogens is 1. The summed E-state index contributed by atoms with van der Waals surface area (Å²) in [5, 5.41) is 7.43. The number of hydrogen-bond acceptors (Lipinski definition) is 5. The Kier molecular flexibility index (Phi) is 6.14. The van der Waals surface area contributed by atoms with E-state index in [9.17, 15) is 0 Å². The number of fused-ring (bicyclic) bond motifs is 1. The highest BCUT2D eigenvalue weighted by molar-refractivity contribution is 5.85. The summed E-state index contributed by atoms with van der Waals surface area (Å²) in [6.45, 7) is 7.41. The molecule has 0 radical (unpaired) electrons. The zero-order chi connectivity index (χ0) is 17.9. The third-order valence-electron chi connectivity index (χ3n) is 5.08. The van der Waals surface area contributed by atoms with Crippen molar-refractivity contribution in [3.63, 3.8) is 0 Å². The fourth-order valence-corrected chi connectivity index (χ4v) is 3.49. The molecule has 0 fully saturated rings. The molecule has 0 atom stereocenters. The topological polar surface area (TPSA) is 54.2 Å². The molecule has 1 aliphatic rings. The lowest BCUT2D eigenvalue weighted by atomic mass is 10.00. The van der Waals surface area contributed by atoms with E-state index in [1.165, 1.54) is 16.7 Å². The Hall–Kier alpha value is -2.37. The van der Waals surface area contributed by atoms with E-state index >= 15 is 0 Å². The molecule has 5 nitrogen and oxygen atoms in total. The average Bonchev–Trinajstić information content (AvgIpc) is 3.00. The van der Waals surface area contributed by atoms with Crippen LogP contribution in [-0.2, 0) is 26.1 Å². The number of nitrogens with zero attached hydrogens (tertiary/aromatic N) is 3. The van der Waals surface area contributed by atoms with E-state index < -0.39 is 0 Å². The summed E-state index contributed by atoms with van der Waals surface area (Å²) in [6.07, 6.45) is 3.05. The van der Waals surface area contributed by atoms with Crippen LogP contribution in [-0.4, -0.2) is 16.7 Å². The second-order valence-corrected chi connectivity index (χ2v) is 6.87. The molecule has 3 heterocycles. The van der Waals surface area contributed by atoms with E-state index in [0.717, 1.165) is 55.4 Å². The number of benzene rings is 1. The number of nitrogens with one attached hydrogen (secondary N) is 1. The van der Waals surface area contributed by atoms with Crippen LogP contribution in [0.5, 0.6) is 0 Å². The minimum atomic E-state index is 0. The molecule has 0 spiro atoms. The van der Waals surface area contributed by atoms with Gasteiger partial charge in [-0.2, -0.15) is 0 Å². The summed E-state index contributed by atoms with van der Waals surface area (Å²) in [4.78, 5) is 7.03. The number of aryl methyl sites for hydroxylation is 2. The maximum absolute atomic E-state index is 5.20. The molecule has 0 aliphatic carbocycles. The maximum Gasteiger partial charge on any atom is 0.138 e. The van der Waals surface area contributed by atoms with Crippen LogP contribution >= 0.6 is 12.4 Å². The molecule has 0 bridgehead atoms. The van der Waals surface area contributed by atoms with Crippen LogP contribution in [0, 0.1) is 13.8 Å². The Balaban J connectivity index is 0.00000210. The van der Waals surface area contributed by atoms with Crippen molar-refractivity contribution in [3.05, 3.63) is 76.3 Å². The van der Waals surface area contributed by atoms with Crippen molar-refractivity contribution in [3.8, 4) is 0 Å². The smallest absolute Gasteiger partial charge is 0.138 e. The molecule has 1 aromatic carbocycles. The van der Waals surface area contributed by atoms with E-state index in [0.29, 0.717) is 0 Å². The molecule has 4 rings (SSSR count). The average molecular weight is 385 g/mol. The first-order valence-corrected chi connectivity index (χ1v) is 9.10. The lowest BCUT2D eigenvalue weighted by Gasteiger charge is -2.29. The normalized spacial score (nSPS) is 13.2. The largest absolute Gasteiger partial charge is 0.361 e. The molecule has 0 amide bonds. The van der Waals surface area contributed by atoms with Gasteiger partial charge >= 0.3 is 0 Å². The van der Waals surface area contributed by atoms with Gasteiger partial charge in [0, 0.05) is 37.9 Å². The van der Waals surface area contributed by atoms with Gasteiger partial charge in [-0.15, -0.1) is 12.4 Å². The van der Waals surface area contributed by atoms with Gasteiger partial charge in [-0.05, 0) is 43.0 Å². The molecule has 0 unspecified atom stereocenters. The Labute approximate surface area is 166 Å². The van der Waals surface area contributed by atoms with Gasteiger partial charge in [-0.25, -0.2) is 4.98 Å². The molecular weight excluding hydrogens is 360 g/mol. The highest BCUT2D eigenvalue weighted by Gasteiger charge is 2.16. The van der Waals surface area contributed by atoms with E-state index in [2.05, 4.69) is 56.8 Å². The first-order chi connectivity index (χ1) is 12.7. The van der Waals surface area contributed by atoms with Crippen molar-refractivity contribution in [2.45, 2.75) is 39.9 Å². The van der Waals surface area contributed by atoms with Crippen LogP contribution < -0.4 is 10.2 Å². The van der Waals surface area contributed by atoms with Gasteiger partial charge in [0.2, 0.25) is 0 Å². The van der Waals surface area contributed by atoms with Crippen LogP contribution in [0.15, 0.2) is 47.1 Å². The third-order valence-corrected chi connectivity index (χ3v) is 5.08. The number of hydrogen-bond donors (Lipinski definition) is 1. The molecular formula is C21H25ClN4O. The standard InChI is InChI=1S/C21H24N4O.ClH/c1-15-20(16(2)26-24-15)13-22-11-17-7-8-21(23-12-17)25-10-9-18-5-3-4-6-19(18)14-25;/h3-8,12,22H,9-11,13-14H2,1-2H3;1H. The molecule has 27 heavy (non-hydrogen) atoms. The lowest BCUT2D eigenvalue weighted by Crippen LogP contribution is -2.30. The maximum atomic E-state index is 5.20. The Bertz CT molecular complexity index is 872. The van der Waals surface area contributed by atoms with Crippen molar-refractivity contribution < 1.29 is 4.52 Å². The first kappa shape index (κ1) is 19.4. The lowest BCUT2D eigenvalue weighted by molar-refractivity contribution is 0.392. The van der Waals surface area contributed by atoms with Crippen LogP contribution in [0.2, 0.25) is 0 Å². The molecule has 1 N–H and O–H groups in total. The number of rotatable bonds is 5. The second-order valence-electron chi connectivity index (χ2n) is 6.87. The monoisotopic (exact) mass is 384 g/mol. The quantitative estimate of drug-likeness (QED) is 0.721. The highest BCUT2D eigenvalue weighted by atomic mass is 35.5. The van der Waals surface area contributed by atoms with Crippen LogP contribution in [0.3, 0.4) is 0 Å². The SMILES string of the molecule is Cc1noc(C)c1CNCc1ccc(N2CCc3ccccc3C2)nc1.Cl. The fourth-order valence-electron chi connectivity index (χ4n) is 3.49. The van der Waals surface area contributed by atoms with E-state index in [-0.39, 0.29) is 12.4 Å². The summed E-state index contributed by atoms with van der Waals surface area (Å²) in [5.74, 6) is 1.93. The summed E-state index contributed by atoms with van der Waals surface area (Å²) in [5.41, 5.74) is 6.14. The minimum Gasteiger partial charge on any atom is -0.361 e. The Morgan fingerprint density at radius 1 is 1.07 bits per heavy atom. The molecule has 6 heteroatoms. The van der Waals surface area contributed by atoms with E-state index in [1.54, 1.807) is 0 Å². The zero-order valence-corrected chi connectivity index (χ0v) is 16.6. The van der Waals surface area contributed by atoms with Gasteiger partial charge in [0.15, 0.2) is 0 Å². The molecule has 0 saturated heterocycles. The number of aromatic nitrogens is 2. The van der Waals surface area contributed by atoms with E-state index in [4.69, 9.17) is 4.52 Å². The predicted octanol–water partition coefficient (Wildman–Crippen LogP) is 3.96. The van der Waals surface area contributed by atoms with Gasteiger partial charge < -0.3 is 14.7 Å². The Morgan fingerprint density at radius 3 is 2.59 bits per heavy atom. The van der Waals surface area contributed by atoms with Crippen LogP contribution in [0.4, 0.5) is 5.82 Å². The third kappa shape index (κ3) is 4.31. The summed E-state index contributed by atoms with van der Waals surface area (Å²) in [7, 11) is 0. The highest BCUT2D eigenvalue weighted by Crippen LogP contribution is 2.23. The van der Waals surface area contributed by atoms with Gasteiger partial charge in [0.25, 0.3) is 0 Å². The van der Waals surface area contributed by atoms with Crippen molar-refractivity contribution in [1.29, 1.82) is 0 Å². The Morgan fingerprint density at radius 2 is 1.89 bits per heavy atom. The van der Waals surface area contributed by atoms with Gasteiger partial charge in [0.05, 0.1) is 5.69 Å². The number of anilines is 1. The van der Waals surface area contributed by atoms with Crippen molar-refractivity contribution >= 4 is 18.2 Å². The summed E-state index contributed by atoms with van der Waals surface area (Å²) >= 11 is 0. The fraction of sp³-hybridized carbons (Fsp3) is 0.333. The summed E-state index contributed by atoms with van der Waals surface area (Å²) in [6, 6.07) is 13.0. The molecule has 142 valence electrons. The molecule has 0 saturated carbocycles. The second kappa shape index (κ2) is 8.55. The van der Waals surface area contributed by atoms with Gasteiger partial charge in [-0.3, -0.25) is 0 Å². The van der Waals surface area contributed by atoms with Crippen molar-refractivity contribution in [2.75, 3.05) is 11.4 Å². The molecule has 2 aromatic heterocycles.